The van der Waals surface area contributed by atoms with Crippen LogP contribution in [-0.2, 0) is 6.54 Å². The minimum atomic E-state index is -0.104. The van der Waals surface area contributed by atoms with Crippen molar-refractivity contribution in [2.75, 3.05) is 50.1 Å². The van der Waals surface area contributed by atoms with Crippen LogP contribution in [-0.4, -0.2) is 60.1 Å². The third-order valence-corrected chi connectivity index (χ3v) is 6.15. The molecule has 3 heterocycles. The average Bonchev–Trinajstić information content (AvgIpc) is 3.00. The van der Waals surface area contributed by atoms with E-state index in [2.05, 4.69) is 24.8 Å². The van der Waals surface area contributed by atoms with Crippen LogP contribution in [0.25, 0.3) is 11.0 Å². The lowest BCUT2D eigenvalue weighted by Crippen LogP contribution is -2.46. The summed E-state index contributed by atoms with van der Waals surface area (Å²) in [4.78, 5) is 29.8. The van der Waals surface area contributed by atoms with Crippen molar-refractivity contribution in [3.05, 3.63) is 49.9 Å². The maximum Gasteiger partial charge on any atom is 0.262 e. The summed E-state index contributed by atoms with van der Waals surface area (Å²) in [5.41, 5.74) is 3.62. The van der Waals surface area contributed by atoms with Crippen molar-refractivity contribution in [3.63, 3.8) is 0 Å². The van der Waals surface area contributed by atoms with Crippen LogP contribution in [0.2, 0.25) is 10.0 Å². The van der Waals surface area contributed by atoms with E-state index in [4.69, 9.17) is 23.2 Å². The first kappa shape index (κ1) is 20.1. The van der Waals surface area contributed by atoms with Crippen molar-refractivity contribution >= 4 is 45.9 Å². The van der Waals surface area contributed by atoms with Crippen molar-refractivity contribution in [3.8, 4) is 0 Å². The molecule has 3 aromatic rings. The fourth-order valence-corrected chi connectivity index (χ4v) is 4.04. The molecule has 154 valence electrons. The van der Waals surface area contributed by atoms with Crippen LogP contribution in [0, 0.1) is 6.92 Å². The number of fused-ring (bicyclic) bond motifs is 1. The number of aromatic amines is 2. The molecule has 0 radical (unpaired) electrons. The SMILES string of the molecule is Cc1[nH]c2nc(N(C)C)[nH]c(=O)c2c1CN1CCN(c2ccc(Cl)c(Cl)c2)CC1. The molecule has 0 unspecified atom stereocenters. The number of rotatable bonds is 4. The Labute approximate surface area is 179 Å². The average molecular weight is 435 g/mol. The third kappa shape index (κ3) is 3.95. The highest BCUT2D eigenvalue weighted by Crippen LogP contribution is 2.28. The fourth-order valence-electron chi connectivity index (χ4n) is 3.75. The van der Waals surface area contributed by atoms with Crippen LogP contribution >= 0.6 is 23.2 Å². The topological polar surface area (TPSA) is 71.3 Å². The second kappa shape index (κ2) is 7.89. The van der Waals surface area contributed by atoms with Crippen molar-refractivity contribution in [1.29, 1.82) is 0 Å². The molecular formula is C20H24Cl2N6O. The van der Waals surface area contributed by atoms with Gasteiger partial charge in [0, 0.05) is 63.8 Å². The zero-order valence-electron chi connectivity index (χ0n) is 16.7. The number of aromatic nitrogens is 3. The van der Waals surface area contributed by atoms with E-state index < -0.39 is 0 Å². The zero-order chi connectivity index (χ0) is 20.7. The normalized spacial score (nSPS) is 15.3. The van der Waals surface area contributed by atoms with Crippen molar-refractivity contribution in [2.24, 2.45) is 0 Å². The lowest BCUT2D eigenvalue weighted by atomic mass is 10.1. The number of benzene rings is 1. The van der Waals surface area contributed by atoms with Crippen molar-refractivity contribution < 1.29 is 0 Å². The monoisotopic (exact) mass is 434 g/mol. The standard InChI is InChI=1S/C20H24Cl2N6O/c1-12-14(17-18(23-12)24-20(26(2)3)25-19(17)29)11-27-6-8-28(9-7-27)13-4-5-15(21)16(22)10-13/h4-5,10H,6-9,11H2,1-3H3,(H2,23,24,25,29). The van der Waals surface area contributed by atoms with Gasteiger partial charge in [-0.2, -0.15) is 4.98 Å². The molecule has 1 aliphatic heterocycles. The smallest absolute Gasteiger partial charge is 0.262 e. The Morgan fingerprint density at radius 2 is 1.83 bits per heavy atom. The molecule has 29 heavy (non-hydrogen) atoms. The largest absolute Gasteiger partial charge is 0.369 e. The first-order valence-corrected chi connectivity index (χ1v) is 10.3. The predicted molar refractivity (Wildman–Crippen MR) is 120 cm³/mol. The summed E-state index contributed by atoms with van der Waals surface area (Å²) in [5.74, 6) is 0.547. The van der Waals surface area contributed by atoms with Gasteiger partial charge in [0.15, 0.2) is 0 Å². The molecule has 0 atom stereocenters. The minimum absolute atomic E-state index is 0.104. The number of piperazine rings is 1. The number of hydrogen-bond donors (Lipinski definition) is 2. The van der Waals surface area contributed by atoms with Gasteiger partial charge in [0.2, 0.25) is 5.95 Å². The van der Waals surface area contributed by atoms with E-state index in [0.29, 0.717) is 33.6 Å². The van der Waals surface area contributed by atoms with E-state index in [1.807, 2.05) is 39.2 Å². The van der Waals surface area contributed by atoms with Crippen LogP contribution in [0.15, 0.2) is 23.0 Å². The summed E-state index contributed by atoms with van der Waals surface area (Å²) in [6.45, 7) is 6.28. The Hall–Kier alpha value is -2.22. The molecule has 0 aliphatic carbocycles. The Kier molecular flexibility index (Phi) is 5.46. The number of H-pyrrole nitrogens is 2. The maximum absolute atomic E-state index is 12.7. The first-order chi connectivity index (χ1) is 13.8. The highest BCUT2D eigenvalue weighted by molar-refractivity contribution is 6.42. The molecule has 0 saturated carbocycles. The van der Waals surface area contributed by atoms with Crippen molar-refractivity contribution in [1.82, 2.24) is 19.9 Å². The molecule has 0 bridgehead atoms. The maximum atomic E-state index is 12.7. The second-order valence-electron chi connectivity index (χ2n) is 7.60. The summed E-state index contributed by atoms with van der Waals surface area (Å²) in [5, 5.41) is 1.80. The number of aryl methyl sites for hydroxylation is 1. The van der Waals surface area contributed by atoms with E-state index in [-0.39, 0.29) is 5.56 Å². The van der Waals surface area contributed by atoms with Gasteiger partial charge in [0.05, 0.1) is 15.4 Å². The van der Waals surface area contributed by atoms with Gasteiger partial charge in [0.1, 0.15) is 5.65 Å². The summed E-state index contributed by atoms with van der Waals surface area (Å²) in [6.07, 6.45) is 0. The molecule has 1 aliphatic rings. The van der Waals surface area contributed by atoms with E-state index in [1.165, 1.54) is 0 Å². The molecule has 9 heteroatoms. The van der Waals surface area contributed by atoms with Crippen LogP contribution in [0.4, 0.5) is 11.6 Å². The summed E-state index contributed by atoms with van der Waals surface area (Å²) < 4.78 is 0. The number of halogens is 2. The van der Waals surface area contributed by atoms with Gasteiger partial charge in [-0.05, 0) is 25.1 Å². The third-order valence-electron chi connectivity index (χ3n) is 5.41. The molecule has 7 nitrogen and oxygen atoms in total. The van der Waals surface area contributed by atoms with Gasteiger partial charge in [-0.1, -0.05) is 23.2 Å². The van der Waals surface area contributed by atoms with Gasteiger partial charge >= 0.3 is 0 Å². The van der Waals surface area contributed by atoms with E-state index in [9.17, 15) is 4.79 Å². The zero-order valence-corrected chi connectivity index (χ0v) is 18.2. The van der Waals surface area contributed by atoms with Gasteiger partial charge in [0.25, 0.3) is 5.56 Å². The summed E-state index contributed by atoms with van der Waals surface area (Å²) in [7, 11) is 3.71. The van der Waals surface area contributed by atoms with E-state index in [0.717, 1.165) is 43.1 Å². The first-order valence-electron chi connectivity index (χ1n) is 9.54. The van der Waals surface area contributed by atoms with Gasteiger partial charge in [-0.25, -0.2) is 0 Å². The summed E-state index contributed by atoms with van der Waals surface area (Å²) >= 11 is 12.2. The number of nitrogens with zero attached hydrogens (tertiary/aromatic N) is 4. The fraction of sp³-hybridized carbons (Fsp3) is 0.400. The quantitative estimate of drug-likeness (QED) is 0.659. The van der Waals surface area contributed by atoms with Crippen LogP contribution in [0.3, 0.4) is 0 Å². The Morgan fingerprint density at radius 1 is 1.10 bits per heavy atom. The van der Waals surface area contributed by atoms with Gasteiger partial charge in [-0.3, -0.25) is 14.7 Å². The van der Waals surface area contributed by atoms with Crippen LogP contribution < -0.4 is 15.4 Å². The lowest BCUT2D eigenvalue weighted by Gasteiger charge is -2.36. The van der Waals surface area contributed by atoms with Gasteiger partial charge < -0.3 is 14.8 Å². The predicted octanol–water partition coefficient (Wildman–Crippen LogP) is 3.25. The molecule has 2 aromatic heterocycles. The van der Waals surface area contributed by atoms with Crippen molar-refractivity contribution in [2.45, 2.75) is 13.5 Å². The molecular weight excluding hydrogens is 411 g/mol. The summed E-state index contributed by atoms with van der Waals surface area (Å²) in [6, 6.07) is 5.75. The number of nitrogens with one attached hydrogen (secondary N) is 2. The molecule has 0 spiro atoms. The van der Waals surface area contributed by atoms with E-state index >= 15 is 0 Å². The van der Waals surface area contributed by atoms with E-state index in [1.54, 1.807) is 4.90 Å². The highest BCUT2D eigenvalue weighted by Gasteiger charge is 2.22. The van der Waals surface area contributed by atoms with Crippen LogP contribution in [0.5, 0.6) is 0 Å². The Morgan fingerprint density at radius 3 is 2.48 bits per heavy atom. The lowest BCUT2D eigenvalue weighted by molar-refractivity contribution is 0.250. The molecule has 1 aromatic carbocycles. The number of anilines is 2. The molecule has 1 fully saturated rings. The molecule has 4 rings (SSSR count). The Balaban J connectivity index is 1.51. The Bertz CT molecular complexity index is 1100. The highest BCUT2D eigenvalue weighted by atomic mass is 35.5. The molecule has 0 amide bonds. The molecule has 1 saturated heterocycles. The molecule has 2 N–H and O–H groups in total. The minimum Gasteiger partial charge on any atom is -0.369 e. The van der Waals surface area contributed by atoms with Gasteiger partial charge in [-0.15, -0.1) is 0 Å². The van der Waals surface area contributed by atoms with Crippen LogP contribution in [0.1, 0.15) is 11.3 Å². The second-order valence-corrected chi connectivity index (χ2v) is 8.41. The number of hydrogen-bond acceptors (Lipinski definition) is 5.